The van der Waals surface area contributed by atoms with E-state index in [1.54, 1.807) is 0 Å². The molecule has 113 heavy (non-hydrogen) atoms. The van der Waals surface area contributed by atoms with Crippen LogP contribution in [0.15, 0.2) is 455 Å². The van der Waals surface area contributed by atoms with Gasteiger partial charge in [0.05, 0.1) is 27.8 Å². The second-order valence-electron chi connectivity index (χ2n) is 28.5. The third-order valence-electron chi connectivity index (χ3n) is 21.7. The summed E-state index contributed by atoms with van der Waals surface area (Å²) < 4.78 is 19.0. The molecule has 0 aliphatic carbocycles. The lowest BCUT2D eigenvalue weighted by Crippen LogP contribution is -2.10. The standard InChI is InChI=1S/C54H37FN2.C54H38N2/c55-44-27-31-47(32-28-44)56(46-29-23-38(24-30-46)42-25-33-49(39-13-4-1-5-14-39)51(36-42)40-15-6-2-7-16-40)48-20-12-17-41(35-48)43-26-34-54-52(37-43)50-21-10-11-22-53(50)57(54)45-18-8-3-9-19-45;1-5-16-39(17-6-1)40-28-33-46(34-29-40)55(52-26-15-27-53-54(52)49-24-13-14-25-51(49)56(53)45-22-11-4-12-23-45)47-35-30-41(31-36-47)44-32-37-48(42-18-7-2-8-19-42)50(38-44)43-20-9-3-10-21-43/h1-37H;1-38H. The lowest BCUT2D eigenvalue weighted by Gasteiger charge is -2.27. The van der Waals surface area contributed by atoms with Crippen molar-refractivity contribution in [3.05, 3.63) is 461 Å². The van der Waals surface area contributed by atoms with E-state index in [1.165, 1.54) is 123 Å². The fraction of sp³-hybridized carbons (Fsp3) is 0. The predicted molar refractivity (Wildman–Crippen MR) is 474 cm³/mol. The Kier molecular flexibility index (Phi) is 18.6. The Bertz CT molecular complexity index is 6730. The summed E-state index contributed by atoms with van der Waals surface area (Å²) in [5, 5.41) is 4.85. The van der Waals surface area contributed by atoms with E-state index in [2.05, 4.69) is 450 Å². The highest BCUT2D eigenvalue weighted by atomic mass is 19.1. The van der Waals surface area contributed by atoms with Crippen LogP contribution in [0.3, 0.4) is 0 Å². The Morgan fingerprint density at radius 3 is 0.991 bits per heavy atom. The van der Waals surface area contributed by atoms with E-state index in [0.717, 1.165) is 67.8 Å². The van der Waals surface area contributed by atoms with Gasteiger partial charge < -0.3 is 18.9 Å². The van der Waals surface area contributed by atoms with Gasteiger partial charge in [-0.3, -0.25) is 0 Å². The molecule has 18 aromatic carbocycles. The zero-order valence-electron chi connectivity index (χ0n) is 62.0. The molecule has 0 spiro atoms. The quantitative estimate of drug-likeness (QED) is 0.0959. The third-order valence-corrected chi connectivity index (χ3v) is 21.7. The minimum atomic E-state index is -0.265. The second kappa shape index (κ2) is 30.6. The smallest absolute Gasteiger partial charge is 0.123 e. The summed E-state index contributed by atoms with van der Waals surface area (Å²) in [4.78, 5) is 4.61. The van der Waals surface area contributed by atoms with Gasteiger partial charge in [0, 0.05) is 61.4 Å². The van der Waals surface area contributed by atoms with Crippen LogP contribution in [0.4, 0.5) is 38.5 Å². The molecule has 0 aliphatic heterocycles. The molecular formula is C108H75FN4. The number of fused-ring (bicyclic) bond motifs is 6. The molecule has 2 heterocycles. The first-order valence-electron chi connectivity index (χ1n) is 38.5. The number of nitrogens with zero attached hydrogens (tertiary/aromatic N) is 4. The average Bonchev–Trinajstić information content (AvgIpc) is 1.58. The highest BCUT2D eigenvalue weighted by Crippen LogP contribution is 2.47. The molecule has 2 aromatic heterocycles. The van der Waals surface area contributed by atoms with Crippen molar-refractivity contribution in [2.24, 2.45) is 0 Å². The molecule has 0 aliphatic rings. The molecule has 534 valence electrons. The van der Waals surface area contributed by atoms with E-state index in [-0.39, 0.29) is 5.82 Å². The van der Waals surface area contributed by atoms with E-state index in [1.807, 2.05) is 12.1 Å². The topological polar surface area (TPSA) is 16.3 Å². The van der Waals surface area contributed by atoms with Gasteiger partial charge in [0.2, 0.25) is 0 Å². The molecule has 20 rings (SSSR count). The molecule has 0 amide bonds. The van der Waals surface area contributed by atoms with Gasteiger partial charge in [0.1, 0.15) is 5.82 Å². The van der Waals surface area contributed by atoms with Gasteiger partial charge >= 0.3 is 0 Å². The molecule has 0 atom stereocenters. The molecule has 0 bridgehead atoms. The van der Waals surface area contributed by atoms with Gasteiger partial charge in [0.15, 0.2) is 0 Å². The van der Waals surface area contributed by atoms with Gasteiger partial charge in [-0.1, -0.05) is 309 Å². The number of halogens is 1. The van der Waals surface area contributed by atoms with E-state index < -0.39 is 0 Å². The van der Waals surface area contributed by atoms with E-state index in [0.29, 0.717) is 0 Å². The largest absolute Gasteiger partial charge is 0.310 e. The normalized spacial score (nSPS) is 11.2. The van der Waals surface area contributed by atoms with Crippen LogP contribution < -0.4 is 9.80 Å². The molecule has 0 radical (unpaired) electrons. The van der Waals surface area contributed by atoms with Crippen LogP contribution in [-0.2, 0) is 0 Å². The van der Waals surface area contributed by atoms with Crippen LogP contribution >= 0.6 is 0 Å². The van der Waals surface area contributed by atoms with Gasteiger partial charge in [-0.05, 0) is 235 Å². The van der Waals surface area contributed by atoms with E-state index in [9.17, 15) is 4.39 Å². The maximum Gasteiger partial charge on any atom is 0.123 e. The highest BCUT2D eigenvalue weighted by Gasteiger charge is 2.24. The van der Waals surface area contributed by atoms with Crippen molar-refractivity contribution >= 4 is 77.7 Å². The molecule has 20 aromatic rings. The number of aromatic nitrogens is 2. The summed E-state index contributed by atoms with van der Waals surface area (Å²) >= 11 is 0. The average molecular weight is 1450 g/mol. The summed E-state index contributed by atoms with van der Waals surface area (Å²) in [5.74, 6) is -0.265. The Balaban J connectivity index is 0.000000152. The maximum absolute atomic E-state index is 14.3. The maximum atomic E-state index is 14.3. The molecule has 0 saturated carbocycles. The van der Waals surface area contributed by atoms with Crippen LogP contribution in [0.1, 0.15) is 0 Å². The molecule has 0 fully saturated rings. The van der Waals surface area contributed by atoms with Crippen molar-refractivity contribution in [2.75, 3.05) is 9.80 Å². The van der Waals surface area contributed by atoms with Crippen LogP contribution in [0.2, 0.25) is 0 Å². The van der Waals surface area contributed by atoms with Crippen molar-refractivity contribution in [1.82, 2.24) is 9.13 Å². The van der Waals surface area contributed by atoms with Crippen molar-refractivity contribution in [1.29, 1.82) is 0 Å². The van der Waals surface area contributed by atoms with Gasteiger partial charge in [-0.25, -0.2) is 4.39 Å². The van der Waals surface area contributed by atoms with Crippen LogP contribution in [0.25, 0.3) is 144 Å². The fourth-order valence-electron chi connectivity index (χ4n) is 16.3. The Morgan fingerprint density at radius 2 is 0.496 bits per heavy atom. The minimum absolute atomic E-state index is 0.265. The SMILES string of the molecule is Fc1ccc(N(c2ccc(-c3ccc(-c4ccccc4)c(-c4ccccc4)c3)cc2)c2cccc(-c3ccc4c(c3)c3ccccc3n4-c3ccccc3)c2)cc1.c1ccc(-c2ccc(N(c3ccc(-c4ccc(-c5ccccc5)c(-c5ccccc5)c4)cc3)c3cccc4c3c3ccccc3n4-c3ccccc3)cc2)cc1. The highest BCUT2D eigenvalue weighted by molar-refractivity contribution is 6.17. The zero-order chi connectivity index (χ0) is 75.4. The fourth-order valence-corrected chi connectivity index (χ4v) is 16.3. The summed E-state index contributed by atoms with van der Waals surface area (Å²) in [6, 6.07) is 161. The number of benzene rings is 18. The molecule has 0 unspecified atom stereocenters. The third kappa shape index (κ3) is 13.6. The van der Waals surface area contributed by atoms with Crippen molar-refractivity contribution < 1.29 is 4.39 Å². The lowest BCUT2D eigenvalue weighted by molar-refractivity contribution is 0.628. The number of para-hydroxylation sites is 4. The van der Waals surface area contributed by atoms with E-state index in [4.69, 9.17) is 0 Å². The van der Waals surface area contributed by atoms with Crippen LogP contribution in [-0.4, -0.2) is 9.13 Å². The Hall–Kier alpha value is -14.9. The first kappa shape index (κ1) is 68.6. The minimum Gasteiger partial charge on any atom is -0.310 e. The molecule has 4 nitrogen and oxygen atoms in total. The second-order valence-corrected chi connectivity index (χ2v) is 28.5. The Morgan fingerprint density at radius 1 is 0.177 bits per heavy atom. The monoisotopic (exact) mass is 1450 g/mol. The van der Waals surface area contributed by atoms with Crippen LogP contribution in [0.5, 0.6) is 0 Å². The van der Waals surface area contributed by atoms with Crippen molar-refractivity contribution in [3.8, 4) is 100 Å². The zero-order valence-corrected chi connectivity index (χ0v) is 62.0. The number of rotatable bonds is 16. The number of hydrogen-bond acceptors (Lipinski definition) is 2. The lowest BCUT2D eigenvalue weighted by atomic mass is 9.91. The summed E-state index contributed by atoms with van der Waals surface area (Å²) in [6.45, 7) is 0. The summed E-state index contributed by atoms with van der Waals surface area (Å²) in [7, 11) is 0. The summed E-state index contributed by atoms with van der Waals surface area (Å²) in [5.41, 5.74) is 32.0. The van der Waals surface area contributed by atoms with Crippen LogP contribution in [0, 0.1) is 5.82 Å². The van der Waals surface area contributed by atoms with E-state index >= 15 is 0 Å². The van der Waals surface area contributed by atoms with Crippen molar-refractivity contribution in [3.63, 3.8) is 0 Å². The summed E-state index contributed by atoms with van der Waals surface area (Å²) in [6.07, 6.45) is 0. The van der Waals surface area contributed by atoms with Crippen molar-refractivity contribution in [2.45, 2.75) is 0 Å². The number of anilines is 6. The number of hydrogen-bond donors (Lipinski definition) is 0. The Labute approximate surface area is 658 Å². The molecule has 0 saturated heterocycles. The van der Waals surface area contributed by atoms with Gasteiger partial charge in [0.25, 0.3) is 0 Å². The first-order chi connectivity index (χ1) is 56.0. The molecule has 5 heteroatoms. The molecule has 0 N–H and O–H groups in total. The van der Waals surface area contributed by atoms with Gasteiger partial charge in [-0.15, -0.1) is 0 Å². The first-order valence-corrected chi connectivity index (χ1v) is 38.5. The predicted octanol–water partition coefficient (Wildman–Crippen LogP) is 30.0. The van der Waals surface area contributed by atoms with Gasteiger partial charge in [-0.2, -0.15) is 0 Å². The molecular weight excluding hydrogens is 1370 g/mol.